The van der Waals surface area contributed by atoms with Gasteiger partial charge in [0.15, 0.2) is 0 Å². The third-order valence-corrected chi connectivity index (χ3v) is 5.14. The summed E-state index contributed by atoms with van der Waals surface area (Å²) in [4.78, 5) is 23.1. The predicted molar refractivity (Wildman–Crippen MR) is 71.9 cm³/mol. The highest BCUT2D eigenvalue weighted by Crippen LogP contribution is 2.59. The minimum absolute atomic E-state index is 0.0788. The van der Waals surface area contributed by atoms with Crippen molar-refractivity contribution < 1.29 is 14.3 Å². The molecule has 0 N–H and O–H groups in total. The van der Waals surface area contributed by atoms with Crippen LogP contribution in [0.5, 0.6) is 0 Å². The normalized spacial score (nSPS) is 28.1. The third kappa shape index (κ3) is 2.35. The minimum Gasteiger partial charge on any atom is -0.454 e. The standard InChI is InChI=1S/C14H20O3S/c1-4-12(15)17-8-18-13(16)10-6-5-9-7-11(10)14(9,2)3/h6,9,11H,4-5,7-8H2,1-3H3/t9-,11+/m0/s1. The van der Waals surface area contributed by atoms with Crippen LogP contribution in [-0.2, 0) is 14.3 Å². The lowest BCUT2D eigenvalue weighted by Crippen LogP contribution is -2.49. The Morgan fingerprint density at radius 1 is 1.50 bits per heavy atom. The van der Waals surface area contributed by atoms with E-state index in [1.807, 2.05) is 0 Å². The minimum atomic E-state index is -0.253. The molecule has 0 spiro atoms. The highest BCUT2D eigenvalue weighted by Gasteiger charge is 2.52. The molecule has 0 heterocycles. The number of rotatable bonds is 4. The fraction of sp³-hybridized carbons (Fsp3) is 0.714. The van der Waals surface area contributed by atoms with E-state index in [2.05, 4.69) is 19.9 Å². The van der Waals surface area contributed by atoms with Crippen molar-refractivity contribution in [2.75, 3.05) is 5.94 Å². The molecule has 0 amide bonds. The van der Waals surface area contributed by atoms with Crippen LogP contribution in [0.2, 0.25) is 0 Å². The maximum atomic E-state index is 12.1. The number of carbonyl (C=O) groups is 2. The van der Waals surface area contributed by atoms with Gasteiger partial charge in [-0.2, -0.15) is 0 Å². The van der Waals surface area contributed by atoms with Crippen molar-refractivity contribution in [1.82, 2.24) is 0 Å². The Morgan fingerprint density at radius 2 is 2.22 bits per heavy atom. The summed E-state index contributed by atoms with van der Waals surface area (Å²) >= 11 is 1.11. The largest absolute Gasteiger partial charge is 0.454 e. The van der Waals surface area contributed by atoms with E-state index in [0.29, 0.717) is 12.3 Å². The van der Waals surface area contributed by atoms with Crippen molar-refractivity contribution in [1.29, 1.82) is 0 Å². The van der Waals surface area contributed by atoms with E-state index in [9.17, 15) is 9.59 Å². The van der Waals surface area contributed by atoms with E-state index < -0.39 is 0 Å². The molecule has 2 atom stereocenters. The zero-order valence-electron chi connectivity index (χ0n) is 11.2. The first kappa shape index (κ1) is 13.7. The van der Waals surface area contributed by atoms with E-state index >= 15 is 0 Å². The van der Waals surface area contributed by atoms with Crippen LogP contribution in [0, 0.1) is 17.3 Å². The van der Waals surface area contributed by atoms with Crippen molar-refractivity contribution >= 4 is 22.8 Å². The second-order valence-electron chi connectivity index (χ2n) is 5.62. The van der Waals surface area contributed by atoms with Gasteiger partial charge in [-0.3, -0.25) is 9.59 Å². The summed E-state index contributed by atoms with van der Waals surface area (Å²) in [6.45, 7) is 6.23. The molecule has 0 radical (unpaired) electrons. The molecule has 0 aromatic carbocycles. The van der Waals surface area contributed by atoms with Crippen molar-refractivity contribution in [3.63, 3.8) is 0 Å². The summed E-state index contributed by atoms with van der Waals surface area (Å²) in [6.07, 6.45) is 4.59. The fourth-order valence-electron chi connectivity index (χ4n) is 2.91. The zero-order chi connectivity index (χ0) is 13.3. The van der Waals surface area contributed by atoms with Gasteiger partial charge in [0, 0.05) is 12.0 Å². The molecule has 100 valence electrons. The molecule has 2 bridgehead atoms. The van der Waals surface area contributed by atoms with Crippen LogP contribution in [0.25, 0.3) is 0 Å². The number of ether oxygens (including phenoxy) is 1. The lowest BCUT2D eigenvalue weighted by Gasteiger charge is -2.55. The Bertz CT molecular complexity index is 398. The summed E-state index contributed by atoms with van der Waals surface area (Å²) in [7, 11) is 0. The molecule has 3 nitrogen and oxygen atoms in total. The topological polar surface area (TPSA) is 43.4 Å². The second kappa shape index (κ2) is 5.08. The molecule has 0 unspecified atom stereocenters. The Balaban J connectivity index is 1.87. The van der Waals surface area contributed by atoms with Crippen molar-refractivity contribution in [3.8, 4) is 0 Å². The molecule has 3 rings (SSSR count). The Morgan fingerprint density at radius 3 is 2.78 bits per heavy atom. The van der Waals surface area contributed by atoms with Crippen LogP contribution in [-0.4, -0.2) is 17.0 Å². The quantitative estimate of drug-likeness (QED) is 0.580. The van der Waals surface area contributed by atoms with Gasteiger partial charge in [0.25, 0.3) is 0 Å². The smallest absolute Gasteiger partial charge is 0.306 e. The van der Waals surface area contributed by atoms with Crippen LogP contribution >= 0.6 is 11.8 Å². The highest BCUT2D eigenvalue weighted by molar-refractivity contribution is 8.14. The van der Waals surface area contributed by atoms with E-state index in [-0.39, 0.29) is 22.4 Å². The lowest BCUT2D eigenvalue weighted by atomic mass is 9.49. The van der Waals surface area contributed by atoms with Crippen molar-refractivity contribution in [3.05, 3.63) is 11.6 Å². The average Bonchev–Trinajstić information content (AvgIpc) is 2.38. The maximum absolute atomic E-state index is 12.1. The Labute approximate surface area is 112 Å². The van der Waals surface area contributed by atoms with Gasteiger partial charge in [0.2, 0.25) is 5.12 Å². The van der Waals surface area contributed by atoms with Crippen LogP contribution in [0.1, 0.15) is 40.0 Å². The summed E-state index contributed by atoms with van der Waals surface area (Å²) in [5.74, 6) is 1.02. The molecule has 0 aliphatic heterocycles. The molecular weight excluding hydrogens is 248 g/mol. The number of hydrogen-bond acceptors (Lipinski definition) is 4. The molecule has 1 saturated carbocycles. The van der Waals surface area contributed by atoms with Gasteiger partial charge in [-0.1, -0.05) is 26.8 Å². The highest BCUT2D eigenvalue weighted by atomic mass is 32.2. The van der Waals surface area contributed by atoms with Crippen LogP contribution in [0.4, 0.5) is 0 Å². The van der Waals surface area contributed by atoms with Gasteiger partial charge < -0.3 is 4.74 Å². The molecule has 18 heavy (non-hydrogen) atoms. The fourth-order valence-corrected chi connectivity index (χ4v) is 3.60. The Hall–Kier alpha value is -0.770. The molecule has 0 saturated heterocycles. The van der Waals surface area contributed by atoms with E-state index in [1.165, 1.54) is 0 Å². The van der Waals surface area contributed by atoms with Gasteiger partial charge in [0.05, 0.1) is 0 Å². The van der Waals surface area contributed by atoms with E-state index in [0.717, 1.165) is 36.1 Å². The molecular formula is C14H20O3S. The summed E-state index contributed by atoms with van der Waals surface area (Å²) in [5.41, 5.74) is 1.21. The van der Waals surface area contributed by atoms with Crippen molar-refractivity contribution in [2.45, 2.75) is 40.0 Å². The lowest BCUT2D eigenvalue weighted by molar-refractivity contribution is -0.140. The van der Waals surface area contributed by atoms with Gasteiger partial charge in [-0.05, 0) is 41.9 Å². The number of hydrogen-bond donors (Lipinski definition) is 0. The van der Waals surface area contributed by atoms with Crippen LogP contribution in [0.3, 0.4) is 0 Å². The maximum Gasteiger partial charge on any atom is 0.306 e. The monoisotopic (exact) mass is 268 g/mol. The summed E-state index contributed by atoms with van der Waals surface area (Å²) in [6, 6.07) is 0. The first-order valence-electron chi connectivity index (χ1n) is 6.49. The van der Waals surface area contributed by atoms with Gasteiger partial charge in [0.1, 0.15) is 5.94 Å². The first-order chi connectivity index (χ1) is 8.46. The van der Waals surface area contributed by atoms with Crippen LogP contribution < -0.4 is 0 Å². The SMILES string of the molecule is CCC(=O)OCSC(=O)C1=CC[C@H]2C[C@H]1C2(C)C. The molecule has 0 aromatic rings. The number of carbonyl (C=O) groups excluding carboxylic acids is 2. The molecule has 3 aliphatic rings. The first-order valence-corrected chi connectivity index (χ1v) is 7.48. The number of allylic oxidation sites excluding steroid dienone is 1. The third-order valence-electron chi connectivity index (χ3n) is 4.40. The summed E-state index contributed by atoms with van der Waals surface area (Å²) in [5, 5.41) is 0.0788. The van der Waals surface area contributed by atoms with Gasteiger partial charge >= 0.3 is 5.97 Å². The zero-order valence-corrected chi connectivity index (χ0v) is 12.0. The van der Waals surface area contributed by atoms with Gasteiger partial charge in [-0.25, -0.2) is 0 Å². The van der Waals surface area contributed by atoms with E-state index in [1.54, 1.807) is 6.92 Å². The van der Waals surface area contributed by atoms with E-state index in [4.69, 9.17) is 4.74 Å². The number of esters is 1. The average molecular weight is 268 g/mol. The van der Waals surface area contributed by atoms with Crippen molar-refractivity contribution in [2.24, 2.45) is 17.3 Å². The molecule has 0 aromatic heterocycles. The van der Waals surface area contributed by atoms with Gasteiger partial charge in [-0.15, -0.1) is 0 Å². The number of thioether (sulfide) groups is 1. The molecule has 4 heteroatoms. The predicted octanol–water partition coefficient (Wildman–Crippen LogP) is 3.15. The second-order valence-corrected chi connectivity index (χ2v) is 6.52. The number of fused-ring (bicyclic) bond motifs is 1. The Kier molecular flexibility index (Phi) is 3.85. The molecule has 3 aliphatic carbocycles. The van der Waals surface area contributed by atoms with Crippen LogP contribution in [0.15, 0.2) is 11.6 Å². The summed E-state index contributed by atoms with van der Waals surface area (Å²) < 4.78 is 4.93. The molecule has 1 fully saturated rings.